The minimum Gasteiger partial charge on any atom is -0.488 e. The van der Waals surface area contributed by atoms with Gasteiger partial charge >= 0.3 is 11.9 Å². The predicted molar refractivity (Wildman–Crippen MR) is 185 cm³/mol. The number of methoxy groups -OCH3 is 1. The third-order valence-corrected chi connectivity index (χ3v) is 8.98. The van der Waals surface area contributed by atoms with Crippen LogP contribution in [0.1, 0.15) is 50.7 Å². The number of halogens is 1. The van der Waals surface area contributed by atoms with Gasteiger partial charge in [0.25, 0.3) is 5.69 Å². The van der Waals surface area contributed by atoms with E-state index >= 15 is 0 Å². The van der Waals surface area contributed by atoms with E-state index in [2.05, 4.69) is 4.57 Å². The highest BCUT2D eigenvalue weighted by Crippen LogP contribution is 2.50. The van der Waals surface area contributed by atoms with Gasteiger partial charge in [-0.05, 0) is 84.6 Å². The van der Waals surface area contributed by atoms with Gasteiger partial charge < -0.3 is 18.8 Å². The normalized spacial score (nSPS) is 15.2. The highest BCUT2D eigenvalue weighted by molar-refractivity contribution is 6.04. The van der Waals surface area contributed by atoms with Gasteiger partial charge in [-0.1, -0.05) is 48.5 Å². The molecular weight excluding hydrogens is 639 g/mol. The van der Waals surface area contributed by atoms with Crippen molar-refractivity contribution in [2.24, 2.45) is 0 Å². The molecular formula is C40H31FN2O7. The molecule has 0 radical (unpaired) electrons. The van der Waals surface area contributed by atoms with E-state index in [0.717, 1.165) is 39.0 Å². The molecule has 10 heteroatoms. The van der Waals surface area contributed by atoms with E-state index < -0.39 is 23.0 Å². The number of fused-ring (bicyclic) bond motifs is 1. The number of hydrogen-bond acceptors (Lipinski definition) is 7. The maximum absolute atomic E-state index is 14.2. The average molecular weight is 671 g/mol. The molecule has 0 aliphatic heterocycles. The van der Waals surface area contributed by atoms with Gasteiger partial charge in [0, 0.05) is 35.0 Å². The number of non-ortho nitro benzene ring substituents is 1. The smallest absolute Gasteiger partial charge is 0.338 e. The molecule has 1 fully saturated rings. The molecule has 1 aliphatic rings. The Morgan fingerprint density at radius 1 is 0.820 bits per heavy atom. The van der Waals surface area contributed by atoms with Crippen molar-refractivity contribution in [3.8, 4) is 22.6 Å². The Morgan fingerprint density at radius 2 is 1.48 bits per heavy atom. The molecule has 1 heterocycles. The van der Waals surface area contributed by atoms with Crippen molar-refractivity contribution >= 4 is 28.5 Å². The number of hydrogen-bond donors (Lipinski definition) is 0. The van der Waals surface area contributed by atoms with Gasteiger partial charge in [0.2, 0.25) is 0 Å². The summed E-state index contributed by atoms with van der Waals surface area (Å²) in [5.41, 5.74) is 5.76. The Balaban J connectivity index is 1.32. The summed E-state index contributed by atoms with van der Waals surface area (Å²) in [4.78, 5) is 35.8. The first-order valence-electron chi connectivity index (χ1n) is 16.0. The molecule has 0 amide bonds. The number of carbonyl (C=O) groups is 2. The van der Waals surface area contributed by atoms with Gasteiger partial charge in [-0.3, -0.25) is 10.1 Å². The lowest BCUT2D eigenvalue weighted by Gasteiger charge is -2.36. The van der Waals surface area contributed by atoms with Crippen molar-refractivity contribution in [3.05, 3.63) is 160 Å². The molecule has 1 aromatic heterocycles. The van der Waals surface area contributed by atoms with Gasteiger partial charge in [0.05, 0.1) is 34.1 Å². The summed E-state index contributed by atoms with van der Waals surface area (Å²) < 4.78 is 33.6. The van der Waals surface area contributed by atoms with Crippen molar-refractivity contribution in [3.63, 3.8) is 0 Å². The molecule has 1 aliphatic carbocycles. The minimum absolute atomic E-state index is 0.0839. The molecule has 6 aromatic rings. The van der Waals surface area contributed by atoms with Crippen LogP contribution in [0.25, 0.3) is 27.7 Å². The van der Waals surface area contributed by atoms with Crippen molar-refractivity contribution in [1.29, 1.82) is 0 Å². The zero-order valence-electron chi connectivity index (χ0n) is 27.0. The zero-order valence-corrected chi connectivity index (χ0v) is 27.0. The number of nitro benzene ring substituents is 1. The fourth-order valence-electron chi connectivity index (χ4n) is 6.44. The number of aromatic nitrogens is 1. The van der Waals surface area contributed by atoms with Crippen LogP contribution in [0.5, 0.6) is 5.75 Å². The lowest BCUT2D eigenvalue weighted by atomic mass is 9.77. The SMILES string of the molecule is COC(=O)c1ccc(-c2c(C3CC(OC(=O)c4ccc([N+](=O)[O-])cc4)C3)n(-c3ccc(F)cc3)c3cccc(OCc4ccccc4)c23)cc1. The summed E-state index contributed by atoms with van der Waals surface area (Å²) in [6.45, 7) is 0.335. The Kier molecular flexibility index (Phi) is 8.83. The Bertz CT molecular complexity index is 2190. The zero-order chi connectivity index (χ0) is 34.8. The Hall–Kier alpha value is -6.29. The number of ether oxygens (including phenoxy) is 3. The van der Waals surface area contributed by atoms with E-state index in [0.29, 0.717) is 30.8 Å². The third kappa shape index (κ3) is 6.30. The van der Waals surface area contributed by atoms with Crippen LogP contribution in [0.3, 0.4) is 0 Å². The number of nitro groups is 1. The third-order valence-electron chi connectivity index (χ3n) is 8.98. The van der Waals surface area contributed by atoms with E-state index in [1.54, 1.807) is 24.3 Å². The van der Waals surface area contributed by atoms with E-state index in [9.17, 15) is 24.1 Å². The fourth-order valence-corrected chi connectivity index (χ4v) is 6.44. The maximum Gasteiger partial charge on any atom is 0.338 e. The highest BCUT2D eigenvalue weighted by Gasteiger charge is 2.39. The minimum atomic E-state index is -0.558. The predicted octanol–water partition coefficient (Wildman–Crippen LogP) is 8.81. The van der Waals surface area contributed by atoms with Crippen LogP contribution in [0, 0.1) is 15.9 Å². The van der Waals surface area contributed by atoms with Gasteiger partial charge in [0.15, 0.2) is 0 Å². The number of rotatable bonds is 10. The average Bonchev–Trinajstić information content (AvgIpc) is 3.47. The summed E-state index contributed by atoms with van der Waals surface area (Å²) in [5, 5.41) is 11.9. The van der Waals surface area contributed by atoms with E-state index in [1.807, 2.05) is 60.7 Å². The number of esters is 2. The fraction of sp³-hybridized carbons (Fsp3) is 0.150. The van der Waals surface area contributed by atoms with E-state index in [4.69, 9.17) is 14.2 Å². The molecule has 0 N–H and O–H groups in total. The first kappa shape index (κ1) is 32.3. The second-order valence-corrected chi connectivity index (χ2v) is 12.1. The van der Waals surface area contributed by atoms with Crippen LogP contribution in [0.2, 0.25) is 0 Å². The molecule has 0 bridgehead atoms. The van der Waals surface area contributed by atoms with Crippen LogP contribution in [-0.2, 0) is 16.1 Å². The first-order chi connectivity index (χ1) is 24.3. The van der Waals surface area contributed by atoms with Gasteiger partial charge in [-0.15, -0.1) is 0 Å². The molecule has 0 atom stereocenters. The van der Waals surface area contributed by atoms with Gasteiger partial charge in [-0.25, -0.2) is 14.0 Å². The van der Waals surface area contributed by atoms with Crippen molar-refractivity contribution in [2.75, 3.05) is 7.11 Å². The maximum atomic E-state index is 14.2. The largest absolute Gasteiger partial charge is 0.488 e. The molecule has 0 spiro atoms. The molecule has 9 nitrogen and oxygen atoms in total. The van der Waals surface area contributed by atoms with Crippen LogP contribution in [-0.4, -0.2) is 34.6 Å². The summed E-state index contributed by atoms with van der Waals surface area (Å²) in [6, 6.07) is 34.5. The van der Waals surface area contributed by atoms with Gasteiger partial charge in [0.1, 0.15) is 24.3 Å². The molecule has 50 heavy (non-hydrogen) atoms. The highest BCUT2D eigenvalue weighted by atomic mass is 19.1. The standard InChI is InChI=1S/C40H31FN2O7/c1-48-39(44)27-12-10-26(11-13-27)36-37-34(8-5-9-35(37)49-24-25-6-3-2-4-7-25)42(31-20-16-30(41)17-21-31)38(36)29-22-33(23-29)50-40(45)28-14-18-32(19-15-28)43(46)47/h2-21,29,33H,22-24H2,1H3. The molecule has 0 unspecified atom stereocenters. The molecule has 250 valence electrons. The molecule has 7 rings (SSSR count). The summed E-state index contributed by atoms with van der Waals surface area (Å²) >= 11 is 0. The van der Waals surface area contributed by atoms with E-state index in [-0.39, 0.29) is 23.0 Å². The summed E-state index contributed by atoms with van der Waals surface area (Å²) in [6.07, 6.45) is 0.610. The number of carbonyl (C=O) groups excluding carboxylic acids is 2. The topological polar surface area (TPSA) is 110 Å². The summed E-state index contributed by atoms with van der Waals surface area (Å²) in [7, 11) is 1.34. The quantitative estimate of drug-likeness (QED) is 0.0814. The van der Waals surface area contributed by atoms with Crippen molar-refractivity contribution in [1.82, 2.24) is 4.57 Å². The number of nitrogens with zero attached hydrogens (tertiary/aromatic N) is 2. The summed E-state index contributed by atoms with van der Waals surface area (Å²) in [5.74, 6) is -0.800. The Labute approximate surface area is 286 Å². The van der Waals surface area contributed by atoms with Crippen LogP contribution < -0.4 is 4.74 Å². The second kappa shape index (κ2) is 13.7. The molecule has 0 saturated heterocycles. The van der Waals surface area contributed by atoms with Crippen LogP contribution in [0.15, 0.2) is 121 Å². The lowest BCUT2D eigenvalue weighted by Crippen LogP contribution is -2.33. The van der Waals surface area contributed by atoms with Crippen molar-refractivity contribution in [2.45, 2.75) is 31.5 Å². The monoisotopic (exact) mass is 670 g/mol. The second-order valence-electron chi connectivity index (χ2n) is 12.1. The molecule has 1 saturated carbocycles. The molecule has 5 aromatic carbocycles. The first-order valence-corrected chi connectivity index (χ1v) is 16.0. The lowest BCUT2D eigenvalue weighted by molar-refractivity contribution is -0.384. The van der Waals surface area contributed by atoms with E-state index in [1.165, 1.54) is 43.5 Å². The van der Waals surface area contributed by atoms with Gasteiger partial charge in [-0.2, -0.15) is 0 Å². The Morgan fingerprint density at radius 3 is 2.14 bits per heavy atom. The van der Waals surface area contributed by atoms with Crippen LogP contribution >= 0.6 is 0 Å². The van der Waals surface area contributed by atoms with Crippen LogP contribution in [0.4, 0.5) is 10.1 Å². The number of benzene rings is 5. The van der Waals surface area contributed by atoms with Crippen molar-refractivity contribution < 1.29 is 33.1 Å².